The van der Waals surface area contributed by atoms with E-state index in [1.165, 1.54) is 24.3 Å². The van der Waals surface area contributed by atoms with Crippen molar-refractivity contribution in [3.8, 4) is 0 Å². The first-order chi connectivity index (χ1) is 8.67. The second kappa shape index (κ2) is 8.51. The van der Waals surface area contributed by atoms with Gasteiger partial charge in [-0.1, -0.05) is 13.8 Å². The minimum Gasteiger partial charge on any atom is -0.398 e. The summed E-state index contributed by atoms with van der Waals surface area (Å²) in [6.45, 7) is 11.1. The molecule has 0 bridgehead atoms. The van der Waals surface area contributed by atoms with Gasteiger partial charge in [0.15, 0.2) is 0 Å². The SMILES string of the molecule is CCN(CC)CCCC(C)NCc1sccc1N. The van der Waals surface area contributed by atoms with E-state index in [2.05, 4.69) is 36.4 Å². The van der Waals surface area contributed by atoms with Gasteiger partial charge in [0.05, 0.1) is 0 Å². The molecule has 0 spiro atoms. The summed E-state index contributed by atoms with van der Waals surface area (Å²) in [6, 6.07) is 2.54. The molecule has 1 unspecified atom stereocenters. The molecule has 4 heteroatoms. The molecule has 1 rings (SSSR count). The van der Waals surface area contributed by atoms with Gasteiger partial charge in [0.1, 0.15) is 0 Å². The lowest BCUT2D eigenvalue weighted by molar-refractivity contribution is 0.290. The number of hydrogen-bond donors (Lipinski definition) is 2. The zero-order chi connectivity index (χ0) is 13.4. The average Bonchev–Trinajstić information content (AvgIpc) is 2.78. The minimum atomic E-state index is 0.557. The number of nitrogens with one attached hydrogen (secondary N) is 1. The lowest BCUT2D eigenvalue weighted by Gasteiger charge is -2.19. The van der Waals surface area contributed by atoms with Crippen molar-refractivity contribution in [2.45, 2.75) is 46.2 Å². The van der Waals surface area contributed by atoms with Crippen LogP contribution in [0.4, 0.5) is 5.69 Å². The third-order valence-corrected chi connectivity index (χ3v) is 4.33. The summed E-state index contributed by atoms with van der Waals surface area (Å²) in [6.07, 6.45) is 2.48. The van der Waals surface area contributed by atoms with Crippen molar-refractivity contribution < 1.29 is 0 Å². The highest BCUT2D eigenvalue weighted by Gasteiger charge is 2.05. The zero-order valence-electron chi connectivity index (χ0n) is 11.9. The Morgan fingerprint density at radius 2 is 2.11 bits per heavy atom. The van der Waals surface area contributed by atoms with Crippen LogP contribution in [0.3, 0.4) is 0 Å². The number of rotatable bonds is 9. The Kier molecular flexibility index (Phi) is 7.32. The van der Waals surface area contributed by atoms with Crippen LogP contribution in [0.5, 0.6) is 0 Å². The number of thiophene rings is 1. The summed E-state index contributed by atoms with van der Waals surface area (Å²) in [5.41, 5.74) is 6.79. The lowest BCUT2D eigenvalue weighted by Crippen LogP contribution is -2.28. The molecule has 0 aliphatic rings. The topological polar surface area (TPSA) is 41.3 Å². The van der Waals surface area contributed by atoms with Gasteiger partial charge < -0.3 is 16.0 Å². The van der Waals surface area contributed by atoms with Crippen LogP contribution in [-0.2, 0) is 6.54 Å². The Bertz CT molecular complexity index is 321. The van der Waals surface area contributed by atoms with E-state index >= 15 is 0 Å². The second-order valence-electron chi connectivity index (χ2n) is 4.75. The molecule has 3 N–H and O–H groups in total. The molecule has 0 radical (unpaired) electrons. The van der Waals surface area contributed by atoms with Gasteiger partial charge in [-0.3, -0.25) is 0 Å². The molecule has 1 aromatic rings. The Morgan fingerprint density at radius 3 is 2.67 bits per heavy atom. The van der Waals surface area contributed by atoms with Crippen molar-refractivity contribution in [3.05, 3.63) is 16.3 Å². The smallest absolute Gasteiger partial charge is 0.0468 e. The van der Waals surface area contributed by atoms with Gasteiger partial charge in [0.25, 0.3) is 0 Å². The van der Waals surface area contributed by atoms with Gasteiger partial charge in [0.2, 0.25) is 0 Å². The Hall–Kier alpha value is -0.580. The van der Waals surface area contributed by atoms with Crippen LogP contribution < -0.4 is 11.1 Å². The number of nitrogen functional groups attached to an aromatic ring is 1. The fourth-order valence-electron chi connectivity index (χ4n) is 2.02. The molecule has 1 atom stereocenters. The Morgan fingerprint density at radius 1 is 1.39 bits per heavy atom. The molecular formula is C14H27N3S. The van der Waals surface area contributed by atoms with Crippen LogP contribution in [0.1, 0.15) is 38.5 Å². The van der Waals surface area contributed by atoms with E-state index in [1.54, 1.807) is 11.3 Å². The van der Waals surface area contributed by atoms with Crippen molar-refractivity contribution in [2.75, 3.05) is 25.4 Å². The molecular weight excluding hydrogens is 242 g/mol. The molecule has 104 valence electrons. The normalized spacial score (nSPS) is 13.1. The second-order valence-corrected chi connectivity index (χ2v) is 5.75. The fourth-order valence-corrected chi connectivity index (χ4v) is 2.77. The maximum atomic E-state index is 5.87. The largest absolute Gasteiger partial charge is 0.398 e. The highest BCUT2D eigenvalue weighted by atomic mass is 32.1. The van der Waals surface area contributed by atoms with E-state index in [0.717, 1.165) is 25.3 Å². The van der Waals surface area contributed by atoms with Gasteiger partial charge in [-0.15, -0.1) is 11.3 Å². The molecule has 0 saturated carbocycles. The van der Waals surface area contributed by atoms with Crippen molar-refractivity contribution in [1.29, 1.82) is 0 Å². The molecule has 3 nitrogen and oxygen atoms in total. The van der Waals surface area contributed by atoms with Crippen LogP contribution in [0.15, 0.2) is 11.4 Å². The molecule has 18 heavy (non-hydrogen) atoms. The van der Waals surface area contributed by atoms with Gasteiger partial charge in [-0.2, -0.15) is 0 Å². The van der Waals surface area contributed by atoms with Crippen molar-refractivity contribution in [3.63, 3.8) is 0 Å². The van der Waals surface area contributed by atoms with E-state index in [-0.39, 0.29) is 0 Å². The Labute approximate surface area is 115 Å². The van der Waals surface area contributed by atoms with E-state index in [9.17, 15) is 0 Å². The monoisotopic (exact) mass is 269 g/mol. The highest BCUT2D eigenvalue weighted by Crippen LogP contribution is 2.18. The summed E-state index contributed by atoms with van der Waals surface area (Å²) in [7, 11) is 0. The number of nitrogens with two attached hydrogens (primary N) is 1. The van der Waals surface area contributed by atoms with Gasteiger partial charge in [-0.25, -0.2) is 0 Å². The zero-order valence-corrected chi connectivity index (χ0v) is 12.7. The quantitative estimate of drug-likeness (QED) is 0.724. The molecule has 0 aromatic carbocycles. The summed E-state index contributed by atoms with van der Waals surface area (Å²) >= 11 is 1.73. The van der Waals surface area contributed by atoms with Crippen LogP contribution in [0, 0.1) is 0 Å². The molecule has 1 heterocycles. The van der Waals surface area contributed by atoms with Crippen molar-refractivity contribution in [2.24, 2.45) is 0 Å². The predicted molar refractivity (Wildman–Crippen MR) is 82.1 cm³/mol. The first-order valence-corrected chi connectivity index (χ1v) is 7.82. The number of nitrogens with zero attached hydrogens (tertiary/aromatic N) is 1. The summed E-state index contributed by atoms with van der Waals surface area (Å²) in [5.74, 6) is 0. The first kappa shape index (κ1) is 15.5. The fraction of sp³-hybridized carbons (Fsp3) is 0.714. The standard InChI is InChI=1S/C14H27N3S/c1-4-17(5-2)9-6-7-12(3)16-11-14-13(15)8-10-18-14/h8,10,12,16H,4-7,9,11,15H2,1-3H3. The minimum absolute atomic E-state index is 0.557. The van der Waals surface area contributed by atoms with Crippen LogP contribution in [0.25, 0.3) is 0 Å². The van der Waals surface area contributed by atoms with Crippen LogP contribution in [0.2, 0.25) is 0 Å². The molecule has 0 aliphatic heterocycles. The molecule has 0 aliphatic carbocycles. The lowest BCUT2D eigenvalue weighted by atomic mass is 10.1. The van der Waals surface area contributed by atoms with Gasteiger partial charge in [-0.05, 0) is 50.8 Å². The van der Waals surface area contributed by atoms with E-state index < -0.39 is 0 Å². The molecule has 0 saturated heterocycles. The third-order valence-electron chi connectivity index (χ3n) is 3.40. The van der Waals surface area contributed by atoms with Crippen molar-refractivity contribution in [1.82, 2.24) is 10.2 Å². The molecule has 0 fully saturated rings. The van der Waals surface area contributed by atoms with Crippen LogP contribution in [-0.4, -0.2) is 30.6 Å². The first-order valence-electron chi connectivity index (χ1n) is 6.94. The van der Waals surface area contributed by atoms with Gasteiger partial charge in [0, 0.05) is 23.2 Å². The molecule has 1 aromatic heterocycles. The average molecular weight is 269 g/mol. The number of anilines is 1. The maximum Gasteiger partial charge on any atom is 0.0468 e. The third kappa shape index (κ3) is 5.38. The summed E-state index contributed by atoms with van der Waals surface area (Å²) in [4.78, 5) is 3.73. The van der Waals surface area contributed by atoms with Gasteiger partial charge >= 0.3 is 0 Å². The predicted octanol–water partition coefficient (Wildman–Crippen LogP) is 2.93. The van der Waals surface area contributed by atoms with E-state index in [1.807, 2.05) is 6.07 Å². The summed E-state index contributed by atoms with van der Waals surface area (Å²) in [5, 5.41) is 5.60. The highest BCUT2D eigenvalue weighted by molar-refractivity contribution is 7.10. The summed E-state index contributed by atoms with van der Waals surface area (Å²) < 4.78 is 0. The van der Waals surface area contributed by atoms with Crippen molar-refractivity contribution >= 4 is 17.0 Å². The Balaban J connectivity index is 2.14. The number of hydrogen-bond acceptors (Lipinski definition) is 4. The molecule has 0 amide bonds. The maximum absolute atomic E-state index is 5.87. The van der Waals surface area contributed by atoms with E-state index in [4.69, 9.17) is 5.73 Å². The van der Waals surface area contributed by atoms with E-state index in [0.29, 0.717) is 6.04 Å². The van der Waals surface area contributed by atoms with Crippen LogP contribution >= 0.6 is 11.3 Å².